The number of hydrogen-bond donors (Lipinski definition) is 0. The molecule has 120 valence electrons. The molecule has 1 aliphatic carbocycles. The van der Waals surface area contributed by atoms with Crippen LogP contribution in [-0.4, -0.2) is 18.3 Å². The summed E-state index contributed by atoms with van der Waals surface area (Å²) in [5.74, 6) is 0.591. The van der Waals surface area contributed by atoms with Crippen LogP contribution in [0.25, 0.3) is 11.3 Å². The van der Waals surface area contributed by atoms with Crippen molar-refractivity contribution in [2.75, 3.05) is 7.11 Å². The zero-order valence-electron chi connectivity index (χ0n) is 13.1. The quantitative estimate of drug-likeness (QED) is 0.643. The highest BCUT2D eigenvalue weighted by Crippen LogP contribution is 2.40. The van der Waals surface area contributed by atoms with E-state index < -0.39 is 0 Å². The van der Waals surface area contributed by atoms with Crippen molar-refractivity contribution in [3.8, 4) is 17.0 Å². The van der Waals surface area contributed by atoms with Crippen molar-refractivity contribution in [1.82, 2.24) is 4.98 Å². The first-order chi connectivity index (χ1) is 11.7. The molecule has 0 spiro atoms. The van der Waals surface area contributed by atoms with Crippen LogP contribution in [-0.2, 0) is 12.8 Å². The lowest BCUT2D eigenvalue weighted by Crippen LogP contribution is -2.02. The van der Waals surface area contributed by atoms with Gasteiger partial charge < -0.3 is 4.74 Å². The van der Waals surface area contributed by atoms with Crippen LogP contribution in [0, 0.1) is 5.82 Å². The molecule has 0 unspecified atom stereocenters. The first-order valence-electron chi connectivity index (χ1n) is 7.69. The van der Waals surface area contributed by atoms with E-state index in [0.717, 1.165) is 40.5 Å². The van der Waals surface area contributed by atoms with Crippen LogP contribution < -0.4 is 4.74 Å². The van der Waals surface area contributed by atoms with Gasteiger partial charge >= 0.3 is 0 Å². The first kappa shape index (κ1) is 15.0. The fraction of sp³-hybridized carbons (Fsp3) is 0.158. The van der Waals surface area contributed by atoms with Crippen LogP contribution in [0.2, 0.25) is 0 Å². The van der Waals surface area contributed by atoms with E-state index in [1.807, 2.05) is 12.1 Å². The summed E-state index contributed by atoms with van der Waals surface area (Å²) in [4.78, 5) is 10.4. The molecular weight excluding hydrogens is 323 g/mol. The van der Waals surface area contributed by atoms with Gasteiger partial charge in [0, 0.05) is 16.7 Å². The number of methoxy groups -OCH3 is 1. The summed E-state index contributed by atoms with van der Waals surface area (Å²) in [5.41, 5.74) is 4.29. The molecule has 0 atom stereocenters. The third kappa shape index (κ3) is 2.83. The molecular formula is C19H15FN2OS. The number of aryl methyl sites for hydroxylation is 2. The van der Waals surface area contributed by atoms with E-state index >= 15 is 0 Å². The Balaban J connectivity index is 1.67. The van der Waals surface area contributed by atoms with Crippen molar-refractivity contribution >= 4 is 22.7 Å². The molecule has 0 amide bonds. The number of thiazole rings is 1. The van der Waals surface area contributed by atoms with Gasteiger partial charge in [-0.1, -0.05) is 29.5 Å². The van der Waals surface area contributed by atoms with Crippen LogP contribution in [0.3, 0.4) is 0 Å². The monoisotopic (exact) mass is 338 g/mol. The summed E-state index contributed by atoms with van der Waals surface area (Å²) in [6, 6.07) is 12.4. The summed E-state index contributed by atoms with van der Waals surface area (Å²) in [6.07, 6.45) is 3.71. The Labute approximate surface area is 143 Å². The van der Waals surface area contributed by atoms with Gasteiger partial charge in [-0.2, -0.15) is 0 Å². The van der Waals surface area contributed by atoms with Crippen LogP contribution in [0.15, 0.2) is 47.5 Å². The lowest BCUT2D eigenvalue weighted by Gasteiger charge is -2.15. The highest BCUT2D eigenvalue weighted by Gasteiger charge is 2.21. The second-order valence-electron chi connectivity index (χ2n) is 5.60. The van der Waals surface area contributed by atoms with Crippen LogP contribution in [0.4, 0.5) is 9.52 Å². The zero-order chi connectivity index (χ0) is 16.5. The van der Waals surface area contributed by atoms with E-state index in [0.29, 0.717) is 0 Å². The maximum absolute atomic E-state index is 12.9. The third-order valence-corrected chi connectivity index (χ3v) is 5.10. The van der Waals surface area contributed by atoms with Crippen molar-refractivity contribution in [3.05, 3.63) is 64.3 Å². The molecule has 0 aliphatic heterocycles. The summed E-state index contributed by atoms with van der Waals surface area (Å²) in [5, 5.41) is 0.722. The Morgan fingerprint density at radius 1 is 1.17 bits per heavy atom. The van der Waals surface area contributed by atoms with Crippen molar-refractivity contribution in [1.29, 1.82) is 0 Å². The predicted molar refractivity (Wildman–Crippen MR) is 95.2 cm³/mol. The van der Waals surface area contributed by atoms with Gasteiger partial charge in [0.2, 0.25) is 5.13 Å². The molecule has 1 aliphatic rings. The third-order valence-electron chi connectivity index (χ3n) is 4.07. The minimum Gasteiger partial charge on any atom is -0.497 e. The molecule has 5 heteroatoms. The highest BCUT2D eigenvalue weighted by molar-refractivity contribution is 7.15. The lowest BCUT2D eigenvalue weighted by molar-refractivity contribution is 0.415. The number of aromatic nitrogens is 1. The number of fused-ring (bicyclic) bond motifs is 3. The number of aliphatic imine (C=N–C) groups is 1. The Bertz CT molecular complexity index is 916. The molecule has 0 N–H and O–H groups in total. The van der Waals surface area contributed by atoms with Crippen LogP contribution >= 0.6 is 11.3 Å². The highest BCUT2D eigenvalue weighted by atomic mass is 32.1. The number of hydrogen-bond acceptors (Lipinski definition) is 4. The number of ether oxygens (including phenoxy) is 1. The molecule has 0 fully saturated rings. The van der Waals surface area contributed by atoms with E-state index in [-0.39, 0.29) is 5.82 Å². The Morgan fingerprint density at radius 3 is 2.79 bits per heavy atom. The van der Waals surface area contributed by atoms with Crippen LogP contribution in [0.1, 0.15) is 16.0 Å². The summed E-state index contributed by atoms with van der Waals surface area (Å²) in [7, 11) is 1.67. The average molecular weight is 338 g/mol. The Hall–Kier alpha value is -2.53. The molecule has 1 aromatic heterocycles. The molecule has 0 saturated carbocycles. The van der Waals surface area contributed by atoms with E-state index in [1.165, 1.54) is 22.6 Å². The van der Waals surface area contributed by atoms with Gasteiger partial charge in [-0.3, -0.25) is 0 Å². The second kappa shape index (κ2) is 6.17. The first-order valence-corrected chi connectivity index (χ1v) is 8.51. The zero-order valence-corrected chi connectivity index (χ0v) is 13.9. The standard InChI is InChI=1S/C19H15FN2OS/c1-23-15-8-4-13-5-9-17-18(16(13)10-15)22-19(24-17)21-11-12-2-6-14(20)7-3-12/h2-4,6-8,10-11H,5,9H2,1H3. The Kier molecular flexibility index (Phi) is 3.86. The van der Waals surface area contributed by atoms with Gasteiger partial charge in [0.05, 0.1) is 12.8 Å². The molecule has 3 aromatic rings. The molecule has 2 aromatic carbocycles. The number of rotatable bonds is 3. The van der Waals surface area contributed by atoms with E-state index in [1.54, 1.807) is 36.8 Å². The van der Waals surface area contributed by atoms with E-state index in [2.05, 4.69) is 11.1 Å². The smallest absolute Gasteiger partial charge is 0.209 e. The average Bonchev–Trinajstić information content (AvgIpc) is 3.04. The fourth-order valence-corrected chi connectivity index (χ4v) is 3.74. The minimum absolute atomic E-state index is 0.248. The number of halogens is 1. The lowest BCUT2D eigenvalue weighted by atomic mass is 9.93. The molecule has 0 radical (unpaired) electrons. The van der Waals surface area contributed by atoms with Crippen LogP contribution in [0.5, 0.6) is 5.75 Å². The molecule has 24 heavy (non-hydrogen) atoms. The maximum atomic E-state index is 12.9. The van der Waals surface area contributed by atoms with Crippen molar-refractivity contribution < 1.29 is 9.13 Å². The van der Waals surface area contributed by atoms with Gasteiger partial charge in [-0.25, -0.2) is 14.4 Å². The summed E-state index contributed by atoms with van der Waals surface area (Å²) in [6.45, 7) is 0. The van der Waals surface area contributed by atoms with Gasteiger partial charge in [0.1, 0.15) is 11.6 Å². The van der Waals surface area contributed by atoms with Gasteiger partial charge in [-0.05, 0) is 48.2 Å². The van der Waals surface area contributed by atoms with Crippen molar-refractivity contribution in [3.63, 3.8) is 0 Å². The summed E-state index contributed by atoms with van der Waals surface area (Å²) >= 11 is 1.61. The predicted octanol–water partition coefficient (Wildman–Crippen LogP) is 4.81. The van der Waals surface area contributed by atoms with E-state index in [9.17, 15) is 4.39 Å². The number of nitrogens with zero attached hydrogens (tertiary/aromatic N) is 2. The minimum atomic E-state index is -0.248. The van der Waals surface area contributed by atoms with Gasteiger partial charge in [-0.15, -0.1) is 0 Å². The molecule has 4 rings (SSSR count). The SMILES string of the molecule is COc1ccc2c(c1)-c1nc(N=Cc3ccc(F)cc3)sc1CC2. The topological polar surface area (TPSA) is 34.5 Å². The van der Waals surface area contributed by atoms with E-state index in [4.69, 9.17) is 9.72 Å². The van der Waals surface area contributed by atoms with Gasteiger partial charge in [0.15, 0.2) is 0 Å². The normalized spacial score (nSPS) is 12.9. The fourth-order valence-electron chi connectivity index (χ4n) is 2.82. The maximum Gasteiger partial charge on any atom is 0.209 e. The summed E-state index contributed by atoms with van der Waals surface area (Å²) < 4.78 is 18.3. The van der Waals surface area contributed by atoms with Gasteiger partial charge in [0.25, 0.3) is 0 Å². The van der Waals surface area contributed by atoms with Crippen molar-refractivity contribution in [2.45, 2.75) is 12.8 Å². The molecule has 0 saturated heterocycles. The Morgan fingerprint density at radius 2 is 2.00 bits per heavy atom. The largest absolute Gasteiger partial charge is 0.497 e. The second-order valence-corrected chi connectivity index (χ2v) is 6.66. The molecule has 1 heterocycles. The number of benzene rings is 2. The molecule has 3 nitrogen and oxygen atoms in total. The van der Waals surface area contributed by atoms with Crippen molar-refractivity contribution in [2.24, 2.45) is 4.99 Å². The molecule has 0 bridgehead atoms.